The van der Waals surface area contributed by atoms with Gasteiger partial charge in [0.2, 0.25) is 0 Å². The molecule has 0 heterocycles. The number of benzene rings is 1. The van der Waals surface area contributed by atoms with Gasteiger partial charge in [-0.3, -0.25) is 0 Å². The van der Waals surface area contributed by atoms with Crippen LogP contribution in [0.1, 0.15) is 86.6 Å². The lowest BCUT2D eigenvalue weighted by Gasteiger charge is -2.38. The summed E-state index contributed by atoms with van der Waals surface area (Å²) in [4.78, 5) is 11.0. The maximum Gasteiger partial charge on any atom is 0.335 e. The maximum absolute atomic E-state index is 11.0. The molecule has 0 spiro atoms. The van der Waals surface area contributed by atoms with E-state index in [-0.39, 0.29) is 0 Å². The second-order valence-corrected chi connectivity index (χ2v) is 7.73. The highest BCUT2D eigenvalue weighted by molar-refractivity contribution is 5.87. The molecular weight excluding hydrogens is 284 g/mol. The van der Waals surface area contributed by atoms with E-state index in [1.807, 2.05) is 12.1 Å². The molecule has 0 aliphatic heterocycles. The van der Waals surface area contributed by atoms with Gasteiger partial charge in [0.25, 0.3) is 0 Å². The number of carboxylic acid groups (broad SMARTS) is 1. The maximum atomic E-state index is 11.0. The molecule has 0 amide bonds. The Morgan fingerprint density at radius 2 is 1.43 bits per heavy atom. The molecule has 23 heavy (non-hydrogen) atoms. The lowest BCUT2D eigenvalue weighted by Crippen LogP contribution is -2.25. The molecule has 3 rings (SSSR count). The summed E-state index contributed by atoms with van der Waals surface area (Å²) in [5, 5.41) is 9.00. The van der Waals surface area contributed by atoms with Crippen LogP contribution in [-0.4, -0.2) is 11.1 Å². The predicted octanol–water partition coefficient (Wildman–Crippen LogP) is 5.88. The zero-order valence-corrected chi connectivity index (χ0v) is 14.3. The van der Waals surface area contributed by atoms with Gasteiger partial charge in [0.15, 0.2) is 0 Å². The van der Waals surface area contributed by atoms with Gasteiger partial charge in [-0.05, 0) is 79.9 Å². The number of carbonyl (C=O) groups is 1. The molecule has 0 saturated heterocycles. The van der Waals surface area contributed by atoms with Gasteiger partial charge in [-0.1, -0.05) is 38.3 Å². The summed E-state index contributed by atoms with van der Waals surface area (Å²) in [7, 11) is 0. The van der Waals surface area contributed by atoms with Gasteiger partial charge in [0, 0.05) is 0 Å². The standard InChI is InChI=1S/C21H30O2/c1-2-15-3-5-16(6-4-15)17-7-9-18(10-8-17)19-11-13-20(14-12-19)21(22)23/h11-18H,2-10H2,1H3,(H,22,23). The van der Waals surface area contributed by atoms with Gasteiger partial charge in [0.1, 0.15) is 0 Å². The molecule has 126 valence electrons. The van der Waals surface area contributed by atoms with Crippen LogP contribution in [-0.2, 0) is 0 Å². The Hall–Kier alpha value is -1.31. The Labute approximate surface area is 140 Å². The molecule has 0 aromatic heterocycles. The quantitative estimate of drug-likeness (QED) is 0.754. The summed E-state index contributed by atoms with van der Waals surface area (Å²) in [6.45, 7) is 2.34. The molecule has 2 heteroatoms. The van der Waals surface area contributed by atoms with Gasteiger partial charge in [-0.2, -0.15) is 0 Å². The van der Waals surface area contributed by atoms with Gasteiger partial charge < -0.3 is 5.11 Å². The van der Waals surface area contributed by atoms with Crippen LogP contribution in [0.25, 0.3) is 0 Å². The Morgan fingerprint density at radius 1 is 0.913 bits per heavy atom. The fourth-order valence-corrected chi connectivity index (χ4v) is 4.89. The Kier molecular flexibility index (Phi) is 5.40. The first-order valence-corrected chi connectivity index (χ1v) is 9.50. The van der Waals surface area contributed by atoms with Gasteiger partial charge in [-0.25, -0.2) is 4.79 Å². The average molecular weight is 314 g/mol. The predicted molar refractivity (Wildman–Crippen MR) is 93.8 cm³/mol. The van der Waals surface area contributed by atoms with Crippen molar-refractivity contribution in [1.82, 2.24) is 0 Å². The van der Waals surface area contributed by atoms with Crippen molar-refractivity contribution in [2.45, 2.75) is 70.6 Å². The van der Waals surface area contributed by atoms with Crippen molar-refractivity contribution < 1.29 is 9.90 Å². The molecule has 2 aliphatic carbocycles. The van der Waals surface area contributed by atoms with E-state index >= 15 is 0 Å². The molecule has 1 aromatic rings. The number of aromatic carboxylic acids is 1. The van der Waals surface area contributed by atoms with Crippen molar-refractivity contribution in [3.05, 3.63) is 35.4 Å². The van der Waals surface area contributed by atoms with Crippen molar-refractivity contribution in [2.24, 2.45) is 17.8 Å². The fraction of sp³-hybridized carbons (Fsp3) is 0.667. The Balaban J connectivity index is 1.51. The molecule has 2 nitrogen and oxygen atoms in total. The zero-order valence-electron chi connectivity index (χ0n) is 14.3. The topological polar surface area (TPSA) is 37.3 Å². The second kappa shape index (κ2) is 7.51. The third-order valence-electron chi connectivity index (χ3n) is 6.54. The highest BCUT2D eigenvalue weighted by atomic mass is 16.4. The van der Waals surface area contributed by atoms with Crippen molar-refractivity contribution in [2.75, 3.05) is 0 Å². The van der Waals surface area contributed by atoms with Crippen molar-refractivity contribution >= 4 is 5.97 Å². The molecule has 0 unspecified atom stereocenters. The van der Waals surface area contributed by atoms with Crippen molar-refractivity contribution in [3.8, 4) is 0 Å². The SMILES string of the molecule is CCC1CCC(C2CCC(c3ccc(C(=O)O)cc3)CC2)CC1. The van der Waals surface area contributed by atoms with E-state index in [1.165, 1.54) is 63.4 Å². The summed E-state index contributed by atoms with van der Waals surface area (Å²) >= 11 is 0. The summed E-state index contributed by atoms with van der Waals surface area (Å²) in [5.41, 5.74) is 1.73. The first-order chi connectivity index (χ1) is 11.2. The van der Waals surface area contributed by atoms with E-state index < -0.39 is 5.97 Å². The molecule has 2 saturated carbocycles. The van der Waals surface area contributed by atoms with Crippen LogP contribution in [0, 0.1) is 17.8 Å². The van der Waals surface area contributed by atoms with Crippen molar-refractivity contribution in [3.63, 3.8) is 0 Å². The molecule has 1 N–H and O–H groups in total. The molecule has 1 aromatic carbocycles. The summed E-state index contributed by atoms with van der Waals surface area (Å²) in [6.07, 6.45) is 12.5. The minimum Gasteiger partial charge on any atom is -0.478 e. The smallest absolute Gasteiger partial charge is 0.335 e. The van der Waals surface area contributed by atoms with Crippen LogP contribution in [0.5, 0.6) is 0 Å². The monoisotopic (exact) mass is 314 g/mol. The van der Waals surface area contributed by atoms with Crippen LogP contribution in [0.15, 0.2) is 24.3 Å². The summed E-state index contributed by atoms with van der Waals surface area (Å²) in [6, 6.07) is 7.58. The van der Waals surface area contributed by atoms with E-state index in [2.05, 4.69) is 6.92 Å². The zero-order chi connectivity index (χ0) is 16.2. The van der Waals surface area contributed by atoms with Crippen LogP contribution in [0.3, 0.4) is 0 Å². The van der Waals surface area contributed by atoms with E-state index in [0.29, 0.717) is 11.5 Å². The van der Waals surface area contributed by atoms with Crippen LogP contribution in [0.4, 0.5) is 0 Å². The fourth-order valence-electron chi connectivity index (χ4n) is 4.89. The second-order valence-electron chi connectivity index (χ2n) is 7.73. The van der Waals surface area contributed by atoms with Crippen LogP contribution >= 0.6 is 0 Å². The number of rotatable bonds is 4. The average Bonchev–Trinajstić information content (AvgIpc) is 2.62. The van der Waals surface area contributed by atoms with Gasteiger partial charge in [0.05, 0.1) is 5.56 Å². The summed E-state index contributed by atoms with van der Waals surface area (Å²) in [5.74, 6) is 2.73. The van der Waals surface area contributed by atoms with E-state index in [1.54, 1.807) is 12.1 Å². The molecular formula is C21H30O2. The number of hydrogen-bond acceptors (Lipinski definition) is 1. The first-order valence-electron chi connectivity index (χ1n) is 9.50. The minimum atomic E-state index is -0.831. The van der Waals surface area contributed by atoms with Gasteiger partial charge in [-0.15, -0.1) is 0 Å². The molecule has 2 aliphatic rings. The normalized spacial score (nSPS) is 31.7. The highest BCUT2D eigenvalue weighted by Gasteiger charge is 2.30. The Morgan fingerprint density at radius 3 is 1.91 bits per heavy atom. The Bertz CT molecular complexity index is 503. The number of hydrogen-bond donors (Lipinski definition) is 1. The molecule has 0 bridgehead atoms. The first kappa shape index (κ1) is 16.5. The molecule has 0 radical (unpaired) electrons. The lowest BCUT2D eigenvalue weighted by molar-refractivity contribution is 0.0697. The third kappa shape index (κ3) is 3.97. The molecule has 2 fully saturated rings. The number of carboxylic acids is 1. The van der Waals surface area contributed by atoms with Crippen LogP contribution in [0.2, 0.25) is 0 Å². The highest BCUT2D eigenvalue weighted by Crippen LogP contribution is 2.44. The largest absolute Gasteiger partial charge is 0.478 e. The van der Waals surface area contributed by atoms with Gasteiger partial charge >= 0.3 is 5.97 Å². The van der Waals surface area contributed by atoms with E-state index in [0.717, 1.165) is 17.8 Å². The molecule has 0 atom stereocenters. The summed E-state index contributed by atoms with van der Waals surface area (Å²) < 4.78 is 0. The lowest BCUT2D eigenvalue weighted by atomic mass is 9.68. The minimum absolute atomic E-state index is 0.398. The third-order valence-corrected chi connectivity index (χ3v) is 6.54. The van der Waals surface area contributed by atoms with Crippen LogP contribution < -0.4 is 0 Å². The van der Waals surface area contributed by atoms with E-state index in [9.17, 15) is 4.79 Å². The van der Waals surface area contributed by atoms with E-state index in [4.69, 9.17) is 5.11 Å². The van der Waals surface area contributed by atoms with Crippen molar-refractivity contribution in [1.29, 1.82) is 0 Å².